The smallest absolute Gasteiger partial charge is 0.258 e. The Hall–Kier alpha value is -3.58. The first kappa shape index (κ1) is 20.3. The summed E-state index contributed by atoms with van der Waals surface area (Å²) in [5.74, 6) is -0.264. The van der Waals surface area contributed by atoms with Gasteiger partial charge in [-0.15, -0.1) is 0 Å². The van der Waals surface area contributed by atoms with Crippen LogP contribution >= 0.6 is 12.0 Å². The van der Waals surface area contributed by atoms with E-state index in [0.717, 1.165) is 16.0 Å². The molecule has 32 heavy (non-hydrogen) atoms. The number of nitrogens with zero attached hydrogens (tertiary/aromatic N) is 2. The van der Waals surface area contributed by atoms with Gasteiger partial charge in [-0.3, -0.25) is 9.78 Å². The maximum Gasteiger partial charge on any atom is 0.258 e. The number of amides is 1. The number of carbonyl (C=O) groups is 1. The van der Waals surface area contributed by atoms with E-state index in [0.29, 0.717) is 28.8 Å². The highest BCUT2D eigenvalue weighted by atomic mass is 32.2. The van der Waals surface area contributed by atoms with Crippen molar-refractivity contribution >= 4 is 28.9 Å². The Morgan fingerprint density at radius 3 is 2.62 bits per heavy atom. The van der Waals surface area contributed by atoms with Crippen LogP contribution < -0.4 is 4.18 Å². The number of phenols is 1. The molecule has 1 amide bonds. The van der Waals surface area contributed by atoms with Gasteiger partial charge in [0, 0.05) is 28.6 Å². The second-order valence-corrected chi connectivity index (χ2v) is 8.50. The summed E-state index contributed by atoms with van der Waals surface area (Å²) in [5.41, 5.74) is 3.10. The number of phenolic OH excluding ortho intramolecular Hbond substituents is 1. The molecule has 0 radical (unpaired) electrons. The molecule has 0 bridgehead atoms. The van der Waals surface area contributed by atoms with E-state index >= 15 is 0 Å². The summed E-state index contributed by atoms with van der Waals surface area (Å²) >= 11 is 1.20. The predicted octanol–water partition coefficient (Wildman–Crippen LogP) is 5.63. The van der Waals surface area contributed by atoms with Crippen LogP contribution in [0.15, 0.2) is 71.8 Å². The summed E-state index contributed by atoms with van der Waals surface area (Å²) in [6.07, 6.45) is 1.57. The Bertz CT molecular complexity index is 1320. The quantitative estimate of drug-likeness (QED) is 0.403. The van der Waals surface area contributed by atoms with E-state index < -0.39 is 0 Å². The molecule has 0 spiro atoms. The molecular weight excluding hydrogens is 427 g/mol. The van der Waals surface area contributed by atoms with Crippen LogP contribution in [0.4, 0.5) is 4.39 Å². The average molecular weight is 447 g/mol. The topological polar surface area (TPSA) is 62.7 Å². The minimum atomic E-state index is -0.330. The Kier molecular flexibility index (Phi) is 5.19. The molecule has 0 saturated carbocycles. The van der Waals surface area contributed by atoms with Gasteiger partial charge in [0.15, 0.2) is 11.5 Å². The number of aromatic hydroxyl groups is 1. The van der Waals surface area contributed by atoms with Crippen LogP contribution in [0.3, 0.4) is 0 Å². The lowest BCUT2D eigenvalue weighted by Gasteiger charge is -2.16. The summed E-state index contributed by atoms with van der Waals surface area (Å²) in [6, 6.07) is 17.5. The van der Waals surface area contributed by atoms with Gasteiger partial charge < -0.3 is 14.2 Å². The van der Waals surface area contributed by atoms with E-state index in [9.17, 15) is 14.3 Å². The number of hydrogen-bond acceptors (Lipinski definition) is 5. The van der Waals surface area contributed by atoms with Crippen molar-refractivity contribution in [2.45, 2.75) is 24.9 Å². The summed E-state index contributed by atoms with van der Waals surface area (Å²) in [7, 11) is 0. The fraction of sp³-hybridized carbons (Fsp3) is 0.120. The first-order valence-electron chi connectivity index (χ1n) is 10.1. The molecule has 0 saturated heterocycles. The second kappa shape index (κ2) is 8.16. The molecule has 5 rings (SSSR count). The molecule has 0 unspecified atom stereocenters. The van der Waals surface area contributed by atoms with E-state index in [1.54, 1.807) is 29.3 Å². The van der Waals surface area contributed by atoms with E-state index in [-0.39, 0.29) is 29.6 Å². The molecule has 1 aromatic heterocycles. The van der Waals surface area contributed by atoms with E-state index in [1.807, 2.05) is 37.3 Å². The number of carbonyl (C=O) groups excluding carboxylic acids is 1. The molecular formula is C25H19FN2O3S. The van der Waals surface area contributed by atoms with Gasteiger partial charge in [0.2, 0.25) is 0 Å². The van der Waals surface area contributed by atoms with Crippen molar-refractivity contribution in [1.82, 2.24) is 9.88 Å². The standard InChI is InChI=1S/C25H19FN2O3S/c1-15-4-10-18(11-5-15)32-31-24-19-3-2-12-27-22(19)23(29)21-20(24)14-28(25(21)30)13-16-6-8-17(26)9-7-16/h2-12,29H,13-14H2,1H3. The summed E-state index contributed by atoms with van der Waals surface area (Å²) in [5, 5.41) is 11.5. The average Bonchev–Trinajstić information content (AvgIpc) is 3.12. The number of pyridine rings is 1. The third-order valence-corrected chi connectivity index (χ3v) is 6.18. The highest BCUT2D eigenvalue weighted by Crippen LogP contribution is 2.45. The fourth-order valence-electron chi connectivity index (χ4n) is 3.83. The Morgan fingerprint density at radius 2 is 1.88 bits per heavy atom. The maximum absolute atomic E-state index is 13.3. The monoisotopic (exact) mass is 446 g/mol. The van der Waals surface area contributed by atoms with Crippen LogP contribution in [0, 0.1) is 12.7 Å². The highest BCUT2D eigenvalue weighted by molar-refractivity contribution is 7.95. The first-order chi connectivity index (χ1) is 15.5. The van der Waals surface area contributed by atoms with Crippen molar-refractivity contribution < 1.29 is 18.5 Å². The van der Waals surface area contributed by atoms with E-state index in [4.69, 9.17) is 4.18 Å². The molecule has 0 atom stereocenters. The first-order valence-corrected chi connectivity index (χ1v) is 10.8. The Morgan fingerprint density at radius 1 is 1.12 bits per heavy atom. The van der Waals surface area contributed by atoms with Gasteiger partial charge in [-0.1, -0.05) is 29.8 Å². The van der Waals surface area contributed by atoms with E-state index in [2.05, 4.69) is 4.98 Å². The normalized spacial score (nSPS) is 12.9. The lowest BCUT2D eigenvalue weighted by Crippen LogP contribution is -2.23. The number of fused-ring (bicyclic) bond motifs is 2. The van der Waals surface area contributed by atoms with Crippen molar-refractivity contribution in [2.24, 2.45) is 0 Å². The lowest BCUT2D eigenvalue weighted by atomic mass is 10.0. The number of rotatable bonds is 5. The molecule has 0 fully saturated rings. The Balaban J connectivity index is 1.53. The van der Waals surface area contributed by atoms with Crippen molar-refractivity contribution in [3.05, 3.63) is 94.9 Å². The van der Waals surface area contributed by atoms with Gasteiger partial charge in [0.1, 0.15) is 11.3 Å². The molecule has 1 aliphatic heterocycles. The minimum absolute atomic E-state index is 0.144. The molecule has 160 valence electrons. The zero-order valence-corrected chi connectivity index (χ0v) is 18.0. The van der Waals surface area contributed by atoms with Crippen LogP contribution in [-0.2, 0) is 13.1 Å². The number of aromatic nitrogens is 1. The van der Waals surface area contributed by atoms with Crippen LogP contribution in [0.1, 0.15) is 27.0 Å². The highest BCUT2D eigenvalue weighted by Gasteiger charge is 2.36. The van der Waals surface area contributed by atoms with Gasteiger partial charge in [-0.2, -0.15) is 0 Å². The van der Waals surface area contributed by atoms with Gasteiger partial charge in [-0.25, -0.2) is 4.39 Å². The van der Waals surface area contributed by atoms with Crippen molar-refractivity contribution in [2.75, 3.05) is 0 Å². The maximum atomic E-state index is 13.3. The third-order valence-electron chi connectivity index (χ3n) is 5.47. The molecule has 1 aliphatic rings. The van der Waals surface area contributed by atoms with Crippen LogP contribution in [0.5, 0.6) is 11.5 Å². The minimum Gasteiger partial charge on any atom is -0.505 e. The molecule has 5 nitrogen and oxygen atoms in total. The van der Waals surface area contributed by atoms with Gasteiger partial charge in [-0.05, 0) is 48.9 Å². The summed E-state index contributed by atoms with van der Waals surface area (Å²) in [6.45, 7) is 2.58. The molecule has 4 aromatic rings. The second-order valence-electron chi connectivity index (χ2n) is 7.70. The molecule has 3 aromatic carbocycles. The third kappa shape index (κ3) is 3.65. The van der Waals surface area contributed by atoms with E-state index in [1.165, 1.54) is 24.2 Å². The largest absolute Gasteiger partial charge is 0.505 e. The number of benzene rings is 3. The van der Waals surface area contributed by atoms with Crippen LogP contribution in [0.2, 0.25) is 0 Å². The van der Waals surface area contributed by atoms with Gasteiger partial charge in [0.05, 0.1) is 24.2 Å². The number of aryl methyl sites for hydroxylation is 1. The molecule has 7 heteroatoms. The molecule has 2 heterocycles. The Labute approximate surface area is 188 Å². The zero-order valence-electron chi connectivity index (χ0n) is 17.2. The van der Waals surface area contributed by atoms with Crippen LogP contribution in [0.25, 0.3) is 10.9 Å². The number of halogens is 1. The SMILES string of the molecule is Cc1ccc(SOc2c3c(c(O)c4ncccc24)C(=O)N(Cc2ccc(F)cc2)C3)cc1. The zero-order chi connectivity index (χ0) is 22.2. The van der Waals surface area contributed by atoms with Crippen molar-refractivity contribution in [1.29, 1.82) is 0 Å². The van der Waals surface area contributed by atoms with Crippen LogP contribution in [-0.4, -0.2) is 20.9 Å². The van der Waals surface area contributed by atoms with Gasteiger partial charge in [0.25, 0.3) is 5.91 Å². The summed E-state index contributed by atoms with van der Waals surface area (Å²) in [4.78, 5) is 20.0. The fourth-order valence-corrected chi connectivity index (χ4v) is 4.45. The molecule has 0 aliphatic carbocycles. The predicted molar refractivity (Wildman–Crippen MR) is 121 cm³/mol. The van der Waals surface area contributed by atoms with Crippen molar-refractivity contribution in [3.8, 4) is 11.5 Å². The number of hydrogen-bond donors (Lipinski definition) is 1. The summed E-state index contributed by atoms with van der Waals surface area (Å²) < 4.78 is 19.4. The van der Waals surface area contributed by atoms with Gasteiger partial charge >= 0.3 is 0 Å². The lowest BCUT2D eigenvalue weighted by molar-refractivity contribution is 0.0764. The van der Waals surface area contributed by atoms with Crippen molar-refractivity contribution in [3.63, 3.8) is 0 Å². The molecule has 1 N–H and O–H groups in total.